The Labute approximate surface area is 104 Å². The molecule has 0 bridgehead atoms. The standard InChI is InChI=1S/C12H13ClO4/c1-4-5-7-10(14)8(12(15)17-3)6-9(13)11(7)16-2/h4,6,14H,1,5H2,2-3H3. The number of phenolic OH excluding ortho intramolecular Hbond substituents is 1. The van der Waals surface area contributed by atoms with Gasteiger partial charge in [0, 0.05) is 5.56 Å². The molecule has 0 fully saturated rings. The van der Waals surface area contributed by atoms with E-state index in [2.05, 4.69) is 11.3 Å². The van der Waals surface area contributed by atoms with Crippen molar-refractivity contribution in [3.05, 3.63) is 34.9 Å². The molecule has 0 aliphatic heterocycles. The highest BCUT2D eigenvalue weighted by Crippen LogP contribution is 2.38. The zero-order valence-electron chi connectivity index (χ0n) is 9.62. The molecular weight excluding hydrogens is 244 g/mol. The third kappa shape index (κ3) is 2.53. The fourth-order valence-corrected chi connectivity index (χ4v) is 1.80. The van der Waals surface area contributed by atoms with E-state index in [9.17, 15) is 9.90 Å². The van der Waals surface area contributed by atoms with Crippen LogP contribution in [0.5, 0.6) is 11.5 Å². The van der Waals surface area contributed by atoms with Gasteiger partial charge in [-0.05, 0) is 12.5 Å². The number of carbonyl (C=O) groups excluding carboxylic acids is 1. The summed E-state index contributed by atoms with van der Waals surface area (Å²) in [6.45, 7) is 3.57. The van der Waals surface area contributed by atoms with Gasteiger partial charge in [-0.1, -0.05) is 17.7 Å². The summed E-state index contributed by atoms with van der Waals surface area (Å²) < 4.78 is 9.64. The SMILES string of the molecule is C=CCc1c(O)c(C(=O)OC)cc(Cl)c1OC. The maximum atomic E-state index is 11.4. The minimum Gasteiger partial charge on any atom is -0.507 e. The zero-order valence-corrected chi connectivity index (χ0v) is 10.4. The third-order valence-corrected chi connectivity index (χ3v) is 2.54. The highest BCUT2D eigenvalue weighted by molar-refractivity contribution is 6.32. The summed E-state index contributed by atoms with van der Waals surface area (Å²) in [5.74, 6) is -0.521. The van der Waals surface area contributed by atoms with Crippen molar-refractivity contribution in [2.75, 3.05) is 14.2 Å². The molecule has 0 saturated heterocycles. The summed E-state index contributed by atoms with van der Waals surface area (Å²) in [4.78, 5) is 11.4. The van der Waals surface area contributed by atoms with Crippen LogP contribution in [0, 0.1) is 0 Å². The summed E-state index contributed by atoms with van der Waals surface area (Å²) >= 11 is 5.97. The van der Waals surface area contributed by atoms with Gasteiger partial charge >= 0.3 is 5.97 Å². The van der Waals surface area contributed by atoms with Gasteiger partial charge in [-0.25, -0.2) is 4.79 Å². The van der Waals surface area contributed by atoms with Gasteiger partial charge < -0.3 is 14.6 Å². The molecule has 0 radical (unpaired) electrons. The molecule has 0 spiro atoms. The maximum absolute atomic E-state index is 11.4. The Bertz CT molecular complexity index is 454. The van der Waals surface area contributed by atoms with Crippen LogP contribution in [0.1, 0.15) is 15.9 Å². The van der Waals surface area contributed by atoms with Gasteiger partial charge in [0.1, 0.15) is 17.1 Å². The van der Waals surface area contributed by atoms with E-state index in [4.69, 9.17) is 16.3 Å². The van der Waals surface area contributed by atoms with Crippen molar-refractivity contribution in [3.63, 3.8) is 0 Å². The Kier molecular flexibility index (Phi) is 4.40. The fraction of sp³-hybridized carbons (Fsp3) is 0.250. The van der Waals surface area contributed by atoms with Gasteiger partial charge in [-0.2, -0.15) is 0 Å². The Morgan fingerprint density at radius 1 is 1.59 bits per heavy atom. The molecule has 0 saturated carbocycles. The molecule has 0 amide bonds. The molecule has 1 aromatic carbocycles. The molecule has 0 aliphatic carbocycles. The predicted molar refractivity (Wildman–Crippen MR) is 64.9 cm³/mol. The molecule has 0 unspecified atom stereocenters. The second-order valence-electron chi connectivity index (χ2n) is 3.25. The van der Waals surface area contributed by atoms with Crippen molar-refractivity contribution in [2.45, 2.75) is 6.42 Å². The minimum absolute atomic E-state index is 0.00940. The van der Waals surface area contributed by atoms with E-state index in [1.54, 1.807) is 6.08 Å². The normalized spacial score (nSPS) is 9.82. The van der Waals surface area contributed by atoms with Crippen LogP contribution < -0.4 is 4.74 Å². The van der Waals surface area contributed by atoms with E-state index in [1.807, 2.05) is 0 Å². The van der Waals surface area contributed by atoms with Gasteiger partial charge in [0.2, 0.25) is 0 Å². The molecule has 5 heteroatoms. The summed E-state index contributed by atoms with van der Waals surface area (Å²) in [6.07, 6.45) is 1.91. The number of ether oxygens (including phenoxy) is 2. The van der Waals surface area contributed by atoms with E-state index in [-0.39, 0.29) is 16.3 Å². The second-order valence-corrected chi connectivity index (χ2v) is 3.66. The van der Waals surface area contributed by atoms with E-state index < -0.39 is 5.97 Å². The number of esters is 1. The quantitative estimate of drug-likeness (QED) is 0.664. The molecule has 1 rings (SSSR count). The van der Waals surface area contributed by atoms with Crippen molar-refractivity contribution < 1.29 is 19.4 Å². The first kappa shape index (κ1) is 13.4. The van der Waals surface area contributed by atoms with Crippen molar-refractivity contribution in [2.24, 2.45) is 0 Å². The third-order valence-electron chi connectivity index (χ3n) is 2.26. The molecule has 17 heavy (non-hydrogen) atoms. The van der Waals surface area contributed by atoms with E-state index >= 15 is 0 Å². The number of carbonyl (C=O) groups is 1. The molecular formula is C12H13ClO4. The molecule has 0 aliphatic rings. The number of hydrogen-bond donors (Lipinski definition) is 1. The topological polar surface area (TPSA) is 55.8 Å². The highest BCUT2D eigenvalue weighted by Gasteiger charge is 2.21. The number of aromatic hydroxyl groups is 1. The van der Waals surface area contributed by atoms with Crippen LogP contribution in [-0.4, -0.2) is 25.3 Å². The van der Waals surface area contributed by atoms with Gasteiger partial charge in [-0.15, -0.1) is 6.58 Å². The zero-order chi connectivity index (χ0) is 13.0. The van der Waals surface area contributed by atoms with E-state index in [0.717, 1.165) is 0 Å². The largest absolute Gasteiger partial charge is 0.507 e. The summed E-state index contributed by atoms with van der Waals surface area (Å²) in [5.41, 5.74) is 0.422. The molecule has 0 atom stereocenters. The Morgan fingerprint density at radius 3 is 2.71 bits per heavy atom. The lowest BCUT2D eigenvalue weighted by molar-refractivity contribution is 0.0597. The summed E-state index contributed by atoms with van der Waals surface area (Å²) in [7, 11) is 2.66. The van der Waals surface area contributed by atoms with Crippen LogP contribution in [-0.2, 0) is 11.2 Å². The van der Waals surface area contributed by atoms with Crippen LogP contribution in [0.3, 0.4) is 0 Å². The fourth-order valence-electron chi connectivity index (χ4n) is 1.49. The predicted octanol–water partition coefficient (Wildman–Crippen LogP) is 2.57. The van der Waals surface area contributed by atoms with E-state index in [0.29, 0.717) is 17.7 Å². The van der Waals surface area contributed by atoms with Crippen LogP contribution >= 0.6 is 11.6 Å². The summed E-state index contributed by atoms with van der Waals surface area (Å²) in [5, 5.41) is 10.2. The lowest BCUT2D eigenvalue weighted by Crippen LogP contribution is -2.04. The van der Waals surface area contributed by atoms with E-state index in [1.165, 1.54) is 20.3 Å². The highest BCUT2D eigenvalue weighted by atomic mass is 35.5. The molecule has 0 aromatic heterocycles. The monoisotopic (exact) mass is 256 g/mol. The first-order valence-corrected chi connectivity index (χ1v) is 5.22. The molecule has 92 valence electrons. The second kappa shape index (κ2) is 5.59. The average molecular weight is 257 g/mol. The lowest BCUT2D eigenvalue weighted by Gasteiger charge is -2.13. The number of methoxy groups -OCH3 is 2. The number of halogens is 1. The first-order valence-electron chi connectivity index (χ1n) is 4.84. The maximum Gasteiger partial charge on any atom is 0.341 e. The van der Waals surface area contributed by atoms with Crippen LogP contribution in [0.2, 0.25) is 5.02 Å². The minimum atomic E-state index is -0.655. The Balaban J connectivity index is 3.47. The Hall–Kier alpha value is -1.68. The summed E-state index contributed by atoms with van der Waals surface area (Å²) in [6, 6.07) is 1.31. The lowest BCUT2D eigenvalue weighted by atomic mass is 10.0. The van der Waals surface area contributed by atoms with Crippen molar-refractivity contribution in [1.29, 1.82) is 0 Å². The Morgan fingerprint density at radius 2 is 2.24 bits per heavy atom. The number of rotatable bonds is 4. The van der Waals surface area contributed by atoms with Gasteiger partial charge in [0.15, 0.2) is 0 Å². The van der Waals surface area contributed by atoms with Gasteiger partial charge in [-0.3, -0.25) is 0 Å². The molecule has 1 aromatic rings. The van der Waals surface area contributed by atoms with Gasteiger partial charge in [0.25, 0.3) is 0 Å². The smallest absolute Gasteiger partial charge is 0.341 e. The number of benzene rings is 1. The van der Waals surface area contributed by atoms with Crippen LogP contribution in [0.25, 0.3) is 0 Å². The average Bonchev–Trinajstić information content (AvgIpc) is 2.33. The van der Waals surface area contributed by atoms with Gasteiger partial charge in [0.05, 0.1) is 19.2 Å². The molecule has 0 heterocycles. The molecule has 4 nitrogen and oxygen atoms in total. The number of hydrogen-bond acceptors (Lipinski definition) is 4. The van der Waals surface area contributed by atoms with Crippen molar-refractivity contribution in [1.82, 2.24) is 0 Å². The number of phenols is 1. The van der Waals surface area contributed by atoms with Crippen LogP contribution in [0.4, 0.5) is 0 Å². The number of allylic oxidation sites excluding steroid dienone is 1. The van der Waals surface area contributed by atoms with Crippen molar-refractivity contribution in [3.8, 4) is 11.5 Å². The van der Waals surface area contributed by atoms with Crippen molar-refractivity contribution >= 4 is 17.6 Å². The first-order chi connectivity index (χ1) is 8.06. The van der Waals surface area contributed by atoms with Crippen LogP contribution in [0.15, 0.2) is 18.7 Å². The molecule has 1 N–H and O–H groups in total.